The maximum Gasteiger partial charge on any atom is 0.697 e. The lowest BCUT2D eigenvalue weighted by atomic mass is 10.1. The molecular formula is C20H21F2N10O9P2S+. The number of fused-ring (bicyclic) bond motifs is 5. The summed E-state index contributed by atoms with van der Waals surface area (Å²) in [6.45, 7) is -5.60. The predicted octanol–water partition coefficient (Wildman–Crippen LogP) is 0.286. The molecule has 0 aromatic carbocycles. The van der Waals surface area contributed by atoms with Crippen LogP contribution in [-0.2, 0) is 43.9 Å². The summed E-state index contributed by atoms with van der Waals surface area (Å²) in [4.78, 5) is 45.5. The molecule has 0 saturated carbocycles. The zero-order valence-electron chi connectivity index (χ0n) is 21.8. The van der Waals surface area contributed by atoms with E-state index in [0.29, 0.717) is 0 Å². The first-order chi connectivity index (χ1) is 21.0. The zero-order valence-corrected chi connectivity index (χ0v) is 24.4. The number of aromatic nitrogens is 8. The van der Waals surface area contributed by atoms with Gasteiger partial charge >= 0.3 is 15.0 Å². The standard InChI is InChI=1S/C20H20F2N10O9P2S/c21-8-6-1-36-42(34)40-12-7(39-18(9(12)22)32-5-28-11-16(32)29-20(24)30-17(11)33)2-37-43(35,44)41-13(8)19(38-6)31-4-27-10-14(23)25-3-26-15(10)31/h3-9,12-13,18-19H,1-2H2,(H5-,23,24,25,26,29,30,33,35,44)/p+1/t6-,7-,8-,9-,12-,13-,18-,19-,43?/m1/s1. The topological polar surface area (TPSA) is 252 Å². The van der Waals surface area contributed by atoms with Gasteiger partial charge in [0.25, 0.3) is 5.56 Å². The molecule has 7 heterocycles. The van der Waals surface area contributed by atoms with Crippen LogP contribution in [0.4, 0.5) is 20.5 Å². The van der Waals surface area contributed by atoms with E-state index in [9.17, 15) is 14.3 Å². The van der Waals surface area contributed by atoms with Crippen molar-refractivity contribution in [3.05, 3.63) is 29.3 Å². The van der Waals surface area contributed by atoms with Gasteiger partial charge in [-0.2, -0.15) is 4.98 Å². The Morgan fingerprint density at radius 3 is 2.52 bits per heavy atom. The Kier molecular flexibility index (Phi) is 7.40. The van der Waals surface area contributed by atoms with Crippen LogP contribution in [0, 0.1) is 0 Å². The molecule has 0 aliphatic carbocycles. The lowest BCUT2D eigenvalue weighted by Crippen LogP contribution is -2.33. The van der Waals surface area contributed by atoms with Crippen molar-refractivity contribution < 1.29 is 45.8 Å². The molecule has 7 rings (SSSR count). The van der Waals surface area contributed by atoms with Gasteiger partial charge < -0.3 is 30.4 Å². The number of anilines is 2. The molecule has 19 nitrogen and oxygen atoms in total. The maximum absolute atomic E-state index is 15.9. The molecule has 4 aromatic heterocycles. The van der Waals surface area contributed by atoms with Crippen LogP contribution < -0.4 is 17.0 Å². The van der Waals surface area contributed by atoms with Crippen LogP contribution in [0.1, 0.15) is 12.5 Å². The Hall–Kier alpha value is -3.17. The van der Waals surface area contributed by atoms with E-state index in [2.05, 4.69) is 29.9 Å². The number of hydrogen-bond donors (Lipinski definition) is 4. The molecule has 24 heteroatoms. The number of nitrogens with two attached hydrogens (primary N) is 2. The van der Waals surface area contributed by atoms with Gasteiger partial charge in [0.05, 0.1) is 19.3 Å². The number of halogens is 2. The Balaban J connectivity index is 1.18. The fourth-order valence-corrected chi connectivity index (χ4v) is 7.33. The summed E-state index contributed by atoms with van der Waals surface area (Å²) in [7, 11) is -3.09. The molecule has 0 spiro atoms. The second-order valence-electron chi connectivity index (χ2n) is 9.80. The predicted molar refractivity (Wildman–Crippen MR) is 146 cm³/mol. The molecule has 234 valence electrons. The summed E-state index contributed by atoms with van der Waals surface area (Å²) >= 11 is 5.16. The van der Waals surface area contributed by atoms with Crippen molar-refractivity contribution in [1.29, 1.82) is 0 Å². The minimum Gasteiger partial charge on any atom is -0.382 e. The average Bonchev–Trinajstić information content (AvgIpc) is 3.72. The minimum absolute atomic E-state index is 0.0538. The molecule has 10 atom stereocenters. The minimum atomic E-state index is -4.30. The molecule has 6 N–H and O–H groups in total. The lowest BCUT2D eigenvalue weighted by Gasteiger charge is -2.26. The van der Waals surface area contributed by atoms with Crippen LogP contribution in [0.15, 0.2) is 23.8 Å². The van der Waals surface area contributed by atoms with Crippen LogP contribution in [0.2, 0.25) is 0 Å². The lowest BCUT2D eigenvalue weighted by molar-refractivity contribution is -0.0580. The number of hydrogen-bond acceptors (Lipinski definition) is 16. The molecule has 2 bridgehead atoms. The third-order valence-electron chi connectivity index (χ3n) is 7.13. The number of nitrogen functional groups attached to an aromatic ring is 2. The fourth-order valence-electron chi connectivity index (χ4n) is 5.15. The van der Waals surface area contributed by atoms with E-state index in [-0.39, 0.29) is 34.1 Å². The summed E-state index contributed by atoms with van der Waals surface area (Å²) in [5.74, 6) is -0.201. The van der Waals surface area contributed by atoms with E-state index in [4.69, 9.17) is 50.8 Å². The van der Waals surface area contributed by atoms with E-state index in [1.807, 2.05) is 0 Å². The van der Waals surface area contributed by atoms with Crippen LogP contribution in [0.5, 0.6) is 0 Å². The zero-order chi connectivity index (χ0) is 30.9. The number of rotatable bonds is 2. The van der Waals surface area contributed by atoms with Gasteiger partial charge in [-0.05, 0) is 11.8 Å². The molecule has 4 aromatic rings. The summed E-state index contributed by atoms with van der Waals surface area (Å²) < 4.78 is 80.0. The van der Waals surface area contributed by atoms with Crippen LogP contribution in [0.3, 0.4) is 0 Å². The number of imidazole rings is 2. The van der Waals surface area contributed by atoms with Gasteiger partial charge in [-0.15, -0.1) is 9.05 Å². The summed E-state index contributed by atoms with van der Waals surface area (Å²) in [6.07, 6.45) is -9.37. The summed E-state index contributed by atoms with van der Waals surface area (Å²) in [5.41, 5.74) is 10.9. The van der Waals surface area contributed by atoms with Gasteiger partial charge in [0.15, 0.2) is 53.5 Å². The Bertz CT molecular complexity index is 1880. The highest BCUT2D eigenvalue weighted by Crippen LogP contribution is 2.52. The van der Waals surface area contributed by atoms with Crippen molar-refractivity contribution in [2.45, 2.75) is 49.2 Å². The van der Waals surface area contributed by atoms with Crippen LogP contribution >= 0.6 is 15.0 Å². The normalized spacial score (nSPS) is 35.8. The maximum atomic E-state index is 15.9. The number of ether oxygens (including phenoxy) is 2. The van der Waals surface area contributed by atoms with Crippen molar-refractivity contribution in [1.82, 2.24) is 39.0 Å². The van der Waals surface area contributed by atoms with Gasteiger partial charge in [-0.1, -0.05) is 0 Å². The molecule has 0 amide bonds. The first-order valence-electron chi connectivity index (χ1n) is 12.7. The second kappa shape index (κ2) is 11.0. The summed E-state index contributed by atoms with van der Waals surface area (Å²) in [6, 6.07) is 0. The molecule has 44 heavy (non-hydrogen) atoms. The van der Waals surface area contributed by atoms with E-state index in [1.165, 1.54) is 17.2 Å². The van der Waals surface area contributed by atoms with Gasteiger partial charge in [-0.25, -0.2) is 28.7 Å². The largest absolute Gasteiger partial charge is 0.697 e. The highest BCUT2D eigenvalue weighted by Gasteiger charge is 2.55. The van der Waals surface area contributed by atoms with E-state index in [1.54, 1.807) is 0 Å². The molecule has 0 radical (unpaired) electrons. The molecule has 3 aliphatic heterocycles. The highest BCUT2D eigenvalue weighted by atomic mass is 32.5. The summed E-state index contributed by atoms with van der Waals surface area (Å²) in [5, 5.41) is 0. The van der Waals surface area contributed by atoms with Gasteiger partial charge in [0.2, 0.25) is 5.95 Å². The van der Waals surface area contributed by atoms with E-state index in [0.717, 1.165) is 10.9 Å². The number of H-pyrrole nitrogens is 1. The third-order valence-corrected chi connectivity index (χ3v) is 9.46. The van der Waals surface area contributed by atoms with Crippen LogP contribution in [0.25, 0.3) is 22.3 Å². The second-order valence-corrected chi connectivity index (χ2v) is 13.5. The highest BCUT2D eigenvalue weighted by molar-refractivity contribution is 8.07. The van der Waals surface area contributed by atoms with E-state index >= 15 is 8.78 Å². The number of alkyl halides is 2. The molecule has 2 unspecified atom stereocenters. The molecular weight excluding hydrogens is 656 g/mol. The van der Waals surface area contributed by atoms with Crippen molar-refractivity contribution in [3.8, 4) is 0 Å². The van der Waals surface area contributed by atoms with Crippen molar-refractivity contribution in [3.63, 3.8) is 0 Å². The molecule has 3 fully saturated rings. The van der Waals surface area contributed by atoms with Crippen molar-refractivity contribution >= 4 is 60.9 Å². The Morgan fingerprint density at radius 1 is 1.00 bits per heavy atom. The smallest absolute Gasteiger partial charge is 0.382 e. The average molecular weight is 677 g/mol. The first kappa shape index (κ1) is 29.5. The monoisotopic (exact) mass is 677 g/mol. The fraction of sp³-hybridized carbons (Fsp3) is 0.500. The third kappa shape index (κ3) is 5.06. The molecule has 3 saturated heterocycles. The SMILES string of the molecule is Nc1nc2c(ncn2[C@@H]2O[C@@H]3COP(O)(=S)O[C@@H]4[C@H](F)[C@@H](CO[P+](=O)O[C@H]3[C@H]2F)O[C@H]4n2cnc3c(N)ncnc32)c(=O)[nH]1. The quantitative estimate of drug-likeness (QED) is 0.208. The number of aromatic amines is 1. The first-order valence-corrected chi connectivity index (χ1v) is 16.4. The number of nitrogens with zero attached hydrogens (tertiary/aromatic N) is 7. The van der Waals surface area contributed by atoms with E-state index < -0.39 is 83.0 Å². The van der Waals surface area contributed by atoms with Gasteiger partial charge in [-0.3, -0.25) is 23.4 Å². The number of nitrogens with one attached hydrogen (secondary N) is 1. The Morgan fingerprint density at radius 2 is 1.73 bits per heavy atom. The van der Waals surface area contributed by atoms with Crippen molar-refractivity contribution in [2.24, 2.45) is 0 Å². The molecule has 3 aliphatic rings. The van der Waals surface area contributed by atoms with Gasteiger partial charge in [0, 0.05) is 4.57 Å². The van der Waals surface area contributed by atoms with Crippen molar-refractivity contribution in [2.75, 3.05) is 24.7 Å². The Labute approximate surface area is 249 Å². The van der Waals surface area contributed by atoms with Crippen LogP contribution in [-0.4, -0.2) is 93.9 Å². The van der Waals surface area contributed by atoms with Gasteiger partial charge in [0.1, 0.15) is 36.8 Å².